The second kappa shape index (κ2) is 6.00. The standard InChI is InChI=1S/C12H22N2O3/c1-3-9(10(15)16)14-11(17)12(4-2)6-5-7-13-8-12/h9,13H,3-8H2,1-2H3,(H,14,17)(H,15,16)/t9-,12?/m1/s1. The summed E-state index contributed by atoms with van der Waals surface area (Å²) in [5.41, 5.74) is -0.429. The number of nitrogens with one attached hydrogen (secondary N) is 2. The molecule has 1 saturated heterocycles. The largest absolute Gasteiger partial charge is 0.480 e. The molecule has 2 atom stereocenters. The maximum atomic E-state index is 12.2. The summed E-state index contributed by atoms with van der Waals surface area (Å²) in [6, 6.07) is -0.771. The molecule has 1 amide bonds. The van der Waals surface area contributed by atoms with Gasteiger partial charge >= 0.3 is 5.97 Å². The quantitative estimate of drug-likeness (QED) is 0.664. The maximum Gasteiger partial charge on any atom is 0.326 e. The highest BCUT2D eigenvalue weighted by Gasteiger charge is 2.39. The number of piperidine rings is 1. The van der Waals surface area contributed by atoms with Crippen molar-refractivity contribution < 1.29 is 14.7 Å². The molecule has 1 heterocycles. The lowest BCUT2D eigenvalue weighted by Gasteiger charge is -2.36. The van der Waals surface area contributed by atoms with Gasteiger partial charge in [-0.25, -0.2) is 4.79 Å². The molecule has 0 radical (unpaired) electrons. The second-order valence-electron chi connectivity index (χ2n) is 4.69. The van der Waals surface area contributed by atoms with Crippen LogP contribution in [0.3, 0.4) is 0 Å². The summed E-state index contributed by atoms with van der Waals surface area (Å²) in [4.78, 5) is 23.1. The van der Waals surface area contributed by atoms with Gasteiger partial charge < -0.3 is 15.7 Å². The molecule has 1 unspecified atom stereocenters. The zero-order valence-corrected chi connectivity index (χ0v) is 10.6. The number of hydrogen-bond donors (Lipinski definition) is 3. The average Bonchev–Trinajstić information content (AvgIpc) is 2.35. The molecule has 0 aromatic rings. The Morgan fingerprint density at radius 2 is 2.18 bits per heavy atom. The molecular weight excluding hydrogens is 220 g/mol. The number of carbonyl (C=O) groups is 2. The van der Waals surface area contributed by atoms with Crippen molar-refractivity contribution in [1.29, 1.82) is 0 Å². The second-order valence-corrected chi connectivity index (χ2v) is 4.69. The Kier molecular flexibility index (Phi) is 4.93. The smallest absolute Gasteiger partial charge is 0.326 e. The molecule has 5 heteroatoms. The van der Waals surface area contributed by atoms with Crippen molar-refractivity contribution in [2.24, 2.45) is 5.41 Å². The summed E-state index contributed by atoms with van der Waals surface area (Å²) in [5, 5.41) is 14.8. The van der Waals surface area contributed by atoms with Crippen LogP contribution in [0.4, 0.5) is 0 Å². The van der Waals surface area contributed by atoms with E-state index in [0.29, 0.717) is 13.0 Å². The molecule has 0 aromatic carbocycles. The zero-order valence-electron chi connectivity index (χ0n) is 10.6. The predicted octanol–water partition coefficient (Wildman–Crippen LogP) is 0.746. The number of hydrogen-bond acceptors (Lipinski definition) is 3. The van der Waals surface area contributed by atoms with Crippen molar-refractivity contribution in [3.05, 3.63) is 0 Å². The number of carboxylic acid groups (broad SMARTS) is 1. The Morgan fingerprint density at radius 1 is 1.47 bits per heavy atom. The van der Waals surface area contributed by atoms with E-state index >= 15 is 0 Å². The predicted molar refractivity (Wildman–Crippen MR) is 64.7 cm³/mol. The lowest BCUT2D eigenvalue weighted by atomic mass is 9.77. The van der Waals surface area contributed by atoms with Crippen LogP contribution < -0.4 is 10.6 Å². The van der Waals surface area contributed by atoms with E-state index in [2.05, 4.69) is 10.6 Å². The monoisotopic (exact) mass is 242 g/mol. The molecule has 5 nitrogen and oxygen atoms in total. The van der Waals surface area contributed by atoms with Crippen LogP contribution in [0.5, 0.6) is 0 Å². The van der Waals surface area contributed by atoms with Crippen LogP contribution >= 0.6 is 0 Å². The van der Waals surface area contributed by atoms with Gasteiger partial charge in [-0.05, 0) is 32.2 Å². The average molecular weight is 242 g/mol. The third-order valence-electron chi connectivity index (χ3n) is 3.64. The Morgan fingerprint density at radius 3 is 2.59 bits per heavy atom. The van der Waals surface area contributed by atoms with Gasteiger partial charge in [0.15, 0.2) is 0 Å². The molecule has 1 aliphatic heterocycles. The van der Waals surface area contributed by atoms with E-state index < -0.39 is 17.4 Å². The third kappa shape index (κ3) is 3.19. The van der Waals surface area contributed by atoms with Gasteiger partial charge in [0, 0.05) is 6.54 Å². The van der Waals surface area contributed by atoms with Crippen molar-refractivity contribution in [1.82, 2.24) is 10.6 Å². The number of amides is 1. The fourth-order valence-corrected chi connectivity index (χ4v) is 2.27. The first kappa shape index (κ1) is 14.0. The fraction of sp³-hybridized carbons (Fsp3) is 0.833. The van der Waals surface area contributed by atoms with Gasteiger partial charge in [0.05, 0.1) is 5.41 Å². The van der Waals surface area contributed by atoms with E-state index in [1.165, 1.54) is 0 Å². The SMILES string of the molecule is CC[C@@H](NC(=O)C1(CC)CCCNC1)C(=O)O. The normalized spacial score (nSPS) is 26.2. The Labute approximate surface area is 102 Å². The molecule has 3 N–H and O–H groups in total. The van der Waals surface area contributed by atoms with Crippen LogP contribution in [0.2, 0.25) is 0 Å². The summed E-state index contributed by atoms with van der Waals surface area (Å²) >= 11 is 0. The summed E-state index contributed by atoms with van der Waals surface area (Å²) in [7, 11) is 0. The van der Waals surface area contributed by atoms with Crippen LogP contribution in [0, 0.1) is 5.41 Å². The summed E-state index contributed by atoms with van der Waals surface area (Å²) in [6.45, 7) is 5.32. The first-order valence-corrected chi connectivity index (χ1v) is 6.30. The molecular formula is C12H22N2O3. The first-order valence-electron chi connectivity index (χ1n) is 6.30. The van der Waals surface area contributed by atoms with E-state index in [4.69, 9.17) is 5.11 Å². The van der Waals surface area contributed by atoms with Crippen LogP contribution in [-0.4, -0.2) is 36.1 Å². The number of carbonyl (C=O) groups excluding carboxylic acids is 1. The molecule has 0 spiro atoms. The van der Waals surface area contributed by atoms with Crippen molar-refractivity contribution in [3.63, 3.8) is 0 Å². The minimum atomic E-state index is -0.962. The van der Waals surface area contributed by atoms with Crippen LogP contribution in [0.1, 0.15) is 39.5 Å². The molecule has 0 bridgehead atoms. The number of rotatable bonds is 5. The number of carboxylic acids is 1. The Bertz CT molecular complexity index is 285. The van der Waals surface area contributed by atoms with Crippen molar-refractivity contribution in [3.8, 4) is 0 Å². The van der Waals surface area contributed by atoms with Crippen LogP contribution in [-0.2, 0) is 9.59 Å². The summed E-state index contributed by atoms with van der Waals surface area (Å²) in [6.07, 6.45) is 2.94. The van der Waals surface area contributed by atoms with E-state index in [9.17, 15) is 9.59 Å². The van der Waals surface area contributed by atoms with Gasteiger partial charge in [-0.15, -0.1) is 0 Å². The molecule has 0 saturated carbocycles. The minimum Gasteiger partial charge on any atom is -0.480 e. The molecule has 98 valence electrons. The third-order valence-corrected chi connectivity index (χ3v) is 3.64. The lowest BCUT2D eigenvalue weighted by molar-refractivity contribution is -0.144. The molecule has 1 aliphatic rings. The van der Waals surface area contributed by atoms with Gasteiger partial charge in [0.1, 0.15) is 6.04 Å². The summed E-state index contributed by atoms with van der Waals surface area (Å²) in [5.74, 6) is -1.09. The van der Waals surface area contributed by atoms with E-state index in [-0.39, 0.29) is 5.91 Å². The fourth-order valence-electron chi connectivity index (χ4n) is 2.27. The van der Waals surface area contributed by atoms with E-state index in [0.717, 1.165) is 25.8 Å². The molecule has 17 heavy (non-hydrogen) atoms. The summed E-state index contributed by atoms with van der Waals surface area (Å²) < 4.78 is 0. The molecule has 0 aromatic heterocycles. The highest BCUT2D eigenvalue weighted by Crippen LogP contribution is 2.30. The maximum absolute atomic E-state index is 12.2. The Balaban J connectivity index is 2.68. The Hall–Kier alpha value is -1.10. The molecule has 1 fully saturated rings. The molecule has 0 aliphatic carbocycles. The van der Waals surface area contributed by atoms with E-state index in [1.807, 2.05) is 6.92 Å². The first-order chi connectivity index (χ1) is 8.05. The topological polar surface area (TPSA) is 78.4 Å². The molecule has 1 rings (SSSR count). The van der Waals surface area contributed by atoms with Crippen molar-refractivity contribution in [2.45, 2.75) is 45.6 Å². The van der Waals surface area contributed by atoms with Crippen molar-refractivity contribution >= 4 is 11.9 Å². The zero-order chi connectivity index (χ0) is 12.9. The van der Waals surface area contributed by atoms with Gasteiger partial charge in [0.25, 0.3) is 0 Å². The van der Waals surface area contributed by atoms with Gasteiger partial charge in [0.2, 0.25) is 5.91 Å². The number of aliphatic carboxylic acids is 1. The highest BCUT2D eigenvalue weighted by atomic mass is 16.4. The van der Waals surface area contributed by atoms with Gasteiger partial charge in [-0.1, -0.05) is 13.8 Å². The van der Waals surface area contributed by atoms with Crippen LogP contribution in [0.25, 0.3) is 0 Å². The van der Waals surface area contributed by atoms with Gasteiger partial charge in [-0.3, -0.25) is 4.79 Å². The van der Waals surface area contributed by atoms with Crippen molar-refractivity contribution in [2.75, 3.05) is 13.1 Å². The lowest BCUT2D eigenvalue weighted by Crippen LogP contribution is -2.53. The van der Waals surface area contributed by atoms with E-state index in [1.54, 1.807) is 6.92 Å². The van der Waals surface area contributed by atoms with Crippen LogP contribution in [0.15, 0.2) is 0 Å². The van der Waals surface area contributed by atoms with Gasteiger partial charge in [-0.2, -0.15) is 0 Å². The highest BCUT2D eigenvalue weighted by molar-refractivity contribution is 5.87. The minimum absolute atomic E-state index is 0.124.